The van der Waals surface area contributed by atoms with E-state index in [2.05, 4.69) is 40.9 Å². The molecule has 0 amide bonds. The fraction of sp³-hybridized carbons (Fsp3) is 0.294. The Balaban J connectivity index is 1.97. The van der Waals surface area contributed by atoms with Gasteiger partial charge in [-0.1, -0.05) is 56.3 Å². The lowest BCUT2D eigenvalue weighted by molar-refractivity contribution is -0.660. The van der Waals surface area contributed by atoms with Crippen LogP contribution in [0.4, 0.5) is 0 Å². The van der Waals surface area contributed by atoms with Crippen molar-refractivity contribution in [2.45, 2.75) is 32.2 Å². The molecule has 0 radical (unpaired) electrons. The second kappa shape index (κ2) is 7.08. The van der Waals surface area contributed by atoms with E-state index in [0.717, 1.165) is 12.5 Å². The number of hydrogen-bond acceptors (Lipinski definition) is 6. The van der Waals surface area contributed by atoms with Gasteiger partial charge in [0.05, 0.1) is 0 Å². The van der Waals surface area contributed by atoms with Crippen LogP contribution in [0.25, 0.3) is 0 Å². The molecular formula is C17H20O6. The van der Waals surface area contributed by atoms with Gasteiger partial charge in [0, 0.05) is 17.4 Å². The lowest BCUT2D eigenvalue weighted by atomic mass is 9.78. The zero-order valence-corrected chi connectivity index (χ0v) is 13.2. The molecule has 0 spiro atoms. The molecule has 0 aliphatic rings. The van der Waals surface area contributed by atoms with Crippen LogP contribution in [-0.4, -0.2) is 16.2 Å². The van der Waals surface area contributed by atoms with Crippen LogP contribution in [0, 0.1) is 0 Å². The van der Waals surface area contributed by atoms with E-state index >= 15 is 0 Å². The highest BCUT2D eigenvalue weighted by Gasteiger charge is 2.23. The maximum atomic E-state index is 8.82. The summed E-state index contributed by atoms with van der Waals surface area (Å²) < 4.78 is 0. The summed E-state index contributed by atoms with van der Waals surface area (Å²) in [6.07, 6.45) is 0. The Kier molecular flexibility index (Phi) is 5.35. The second-order valence-corrected chi connectivity index (χ2v) is 5.75. The summed E-state index contributed by atoms with van der Waals surface area (Å²) in [4.78, 5) is 8.86. The van der Waals surface area contributed by atoms with Crippen molar-refractivity contribution < 1.29 is 30.1 Å². The van der Waals surface area contributed by atoms with Crippen molar-refractivity contribution in [2.24, 2.45) is 0 Å². The van der Waals surface area contributed by atoms with Crippen molar-refractivity contribution in [2.75, 3.05) is 0 Å². The monoisotopic (exact) mass is 320 g/mol. The van der Waals surface area contributed by atoms with E-state index in [1.54, 1.807) is 12.1 Å². The SMILES string of the molecule is CC(O)(O)OOOOc1ccc(C(C)(C)c2ccccc2)cc1. The van der Waals surface area contributed by atoms with Gasteiger partial charge in [-0.05, 0) is 28.3 Å². The van der Waals surface area contributed by atoms with Crippen molar-refractivity contribution in [3.63, 3.8) is 0 Å². The summed E-state index contributed by atoms with van der Waals surface area (Å²) in [5.74, 6) is -2.09. The highest BCUT2D eigenvalue weighted by Crippen LogP contribution is 2.32. The van der Waals surface area contributed by atoms with Gasteiger partial charge in [-0.2, -0.15) is 0 Å². The summed E-state index contributed by atoms with van der Waals surface area (Å²) in [5, 5.41) is 26.0. The maximum absolute atomic E-state index is 8.82. The molecule has 0 aromatic heterocycles. The first-order valence-electron chi connectivity index (χ1n) is 7.09. The van der Waals surface area contributed by atoms with E-state index in [9.17, 15) is 0 Å². The van der Waals surface area contributed by atoms with Crippen molar-refractivity contribution in [3.8, 4) is 5.75 Å². The van der Waals surface area contributed by atoms with E-state index in [0.29, 0.717) is 5.75 Å². The summed E-state index contributed by atoms with van der Waals surface area (Å²) >= 11 is 0. The van der Waals surface area contributed by atoms with E-state index in [1.807, 2.05) is 30.3 Å². The highest BCUT2D eigenvalue weighted by molar-refractivity contribution is 5.39. The maximum Gasteiger partial charge on any atom is 0.307 e. The summed E-state index contributed by atoms with van der Waals surface area (Å²) in [6, 6.07) is 17.4. The van der Waals surface area contributed by atoms with E-state index in [4.69, 9.17) is 15.1 Å². The third-order valence-electron chi connectivity index (χ3n) is 3.42. The first kappa shape index (κ1) is 17.4. The summed E-state index contributed by atoms with van der Waals surface area (Å²) in [6.45, 7) is 5.22. The normalized spacial score (nSPS) is 12.2. The molecule has 0 atom stereocenters. The Labute approximate surface area is 134 Å². The molecule has 0 heterocycles. The smallest absolute Gasteiger partial charge is 0.307 e. The average molecular weight is 320 g/mol. The van der Waals surface area contributed by atoms with Crippen molar-refractivity contribution in [1.29, 1.82) is 0 Å². The molecule has 2 aromatic rings. The molecule has 124 valence electrons. The zero-order valence-electron chi connectivity index (χ0n) is 13.2. The molecule has 2 rings (SSSR count). The first-order chi connectivity index (χ1) is 10.8. The Morgan fingerprint density at radius 3 is 1.87 bits per heavy atom. The molecule has 0 fully saturated rings. The molecule has 0 aliphatic heterocycles. The van der Waals surface area contributed by atoms with E-state index in [-0.39, 0.29) is 5.41 Å². The summed E-state index contributed by atoms with van der Waals surface area (Å²) in [7, 11) is 0. The topological polar surface area (TPSA) is 77.4 Å². The van der Waals surface area contributed by atoms with E-state index in [1.165, 1.54) is 5.56 Å². The van der Waals surface area contributed by atoms with Crippen molar-refractivity contribution in [3.05, 3.63) is 65.7 Å². The zero-order chi connectivity index (χ0) is 16.9. The molecule has 0 unspecified atom stereocenters. The van der Waals surface area contributed by atoms with Gasteiger partial charge in [-0.25, -0.2) is 0 Å². The molecular weight excluding hydrogens is 300 g/mol. The standard InChI is InChI=1S/C17H20O6/c1-16(2,13-7-5-4-6-8-13)14-9-11-15(12-10-14)20-22-23-21-17(3,18)19/h4-12,18-19H,1-3H3. The third kappa shape index (κ3) is 5.02. The van der Waals surface area contributed by atoms with Gasteiger partial charge in [0.1, 0.15) is 0 Å². The van der Waals surface area contributed by atoms with Gasteiger partial charge in [0.25, 0.3) is 0 Å². The molecule has 0 aliphatic carbocycles. The lowest BCUT2D eigenvalue weighted by Crippen LogP contribution is -2.27. The molecule has 6 nitrogen and oxygen atoms in total. The van der Waals surface area contributed by atoms with Gasteiger partial charge in [-0.3, -0.25) is 0 Å². The third-order valence-corrected chi connectivity index (χ3v) is 3.42. The van der Waals surface area contributed by atoms with Crippen LogP contribution in [-0.2, 0) is 20.4 Å². The van der Waals surface area contributed by atoms with Gasteiger partial charge >= 0.3 is 5.97 Å². The highest BCUT2D eigenvalue weighted by atomic mass is 17.7. The predicted octanol–water partition coefficient (Wildman–Crippen LogP) is 2.84. The minimum Gasteiger partial charge on any atom is -0.342 e. The molecule has 2 N–H and O–H groups in total. The molecule has 2 aromatic carbocycles. The second-order valence-electron chi connectivity index (χ2n) is 5.75. The minimum absolute atomic E-state index is 0.157. The fourth-order valence-corrected chi connectivity index (χ4v) is 2.08. The van der Waals surface area contributed by atoms with Crippen LogP contribution < -0.4 is 4.89 Å². The molecule has 0 saturated carbocycles. The number of rotatable bonds is 7. The number of benzene rings is 2. The van der Waals surface area contributed by atoms with Crippen molar-refractivity contribution in [1.82, 2.24) is 0 Å². The van der Waals surface area contributed by atoms with E-state index < -0.39 is 5.97 Å². The Hall–Kier alpha value is -1.96. The van der Waals surface area contributed by atoms with Crippen LogP contribution in [0.5, 0.6) is 5.75 Å². The van der Waals surface area contributed by atoms with Crippen LogP contribution in [0.15, 0.2) is 54.6 Å². The van der Waals surface area contributed by atoms with Gasteiger partial charge in [0.15, 0.2) is 5.75 Å². The van der Waals surface area contributed by atoms with Gasteiger partial charge in [0.2, 0.25) is 0 Å². The van der Waals surface area contributed by atoms with Gasteiger partial charge in [-0.15, -0.1) is 4.89 Å². The predicted molar refractivity (Wildman–Crippen MR) is 81.7 cm³/mol. The largest absolute Gasteiger partial charge is 0.342 e. The number of hydrogen-bond donors (Lipinski definition) is 2. The van der Waals surface area contributed by atoms with Crippen molar-refractivity contribution >= 4 is 0 Å². The Morgan fingerprint density at radius 2 is 1.30 bits per heavy atom. The number of aliphatic hydroxyl groups is 2. The van der Waals surface area contributed by atoms with Crippen LogP contribution in [0.2, 0.25) is 0 Å². The van der Waals surface area contributed by atoms with Crippen LogP contribution in [0.1, 0.15) is 31.9 Å². The Morgan fingerprint density at radius 1 is 0.739 bits per heavy atom. The van der Waals surface area contributed by atoms with Gasteiger partial charge < -0.3 is 15.1 Å². The lowest BCUT2D eigenvalue weighted by Gasteiger charge is -2.26. The molecule has 6 heteroatoms. The minimum atomic E-state index is -2.47. The Bertz CT molecular complexity index is 601. The molecule has 23 heavy (non-hydrogen) atoms. The van der Waals surface area contributed by atoms with Crippen LogP contribution >= 0.6 is 0 Å². The molecule has 0 bridgehead atoms. The first-order valence-corrected chi connectivity index (χ1v) is 7.09. The molecule has 0 saturated heterocycles. The quantitative estimate of drug-likeness (QED) is 0.353. The van der Waals surface area contributed by atoms with Crippen LogP contribution in [0.3, 0.4) is 0 Å². The average Bonchev–Trinajstić information content (AvgIpc) is 2.52. The fourth-order valence-electron chi connectivity index (χ4n) is 2.08. The summed E-state index contributed by atoms with van der Waals surface area (Å²) in [5.41, 5.74) is 2.15.